The summed E-state index contributed by atoms with van der Waals surface area (Å²) in [6.45, 7) is 1.52. The highest BCUT2D eigenvalue weighted by molar-refractivity contribution is 6.04. The molecule has 3 N–H and O–H groups in total. The molecule has 2 aromatic heterocycles. The molecule has 37 heavy (non-hydrogen) atoms. The maximum Gasteiger partial charge on any atom is 0.418 e. The van der Waals surface area contributed by atoms with E-state index in [-0.39, 0.29) is 23.5 Å². The largest absolute Gasteiger partial charge is 0.418 e. The van der Waals surface area contributed by atoms with Crippen molar-refractivity contribution in [1.82, 2.24) is 14.7 Å². The molecule has 0 saturated heterocycles. The summed E-state index contributed by atoms with van der Waals surface area (Å²) in [5.74, 6) is 5.05. The molecule has 4 rings (SSSR count). The van der Waals surface area contributed by atoms with Gasteiger partial charge in [0.15, 0.2) is 0 Å². The van der Waals surface area contributed by atoms with Crippen LogP contribution >= 0.6 is 0 Å². The van der Waals surface area contributed by atoms with E-state index in [2.05, 4.69) is 32.8 Å². The van der Waals surface area contributed by atoms with Crippen molar-refractivity contribution >= 4 is 28.8 Å². The van der Waals surface area contributed by atoms with E-state index in [0.29, 0.717) is 11.3 Å². The van der Waals surface area contributed by atoms with Crippen LogP contribution in [0.5, 0.6) is 0 Å². The summed E-state index contributed by atoms with van der Waals surface area (Å²) in [6, 6.07) is 13.8. The molecule has 0 atom stereocenters. The first-order valence-corrected chi connectivity index (χ1v) is 11.2. The van der Waals surface area contributed by atoms with Gasteiger partial charge >= 0.3 is 6.18 Å². The van der Waals surface area contributed by atoms with E-state index in [9.17, 15) is 22.8 Å². The second-order valence-electron chi connectivity index (χ2n) is 8.09. The number of carbonyl (C=O) groups is 2. The Labute approximate surface area is 210 Å². The number of carbonyl (C=O) groups excluding carboxylic acids is 2. The van der Waals surface area contributed by atoms with Crippen molar-refractivity contribution in [1.29, 1.82) is 0 Å². The monoisotopic (exact) mass is 505 g/mol. The maximum absolute atomic E-state index is 13.6. The van der Waals surface area contributed by atoms with Crippen LogP contribution in [0.2, 0.25) is 0 Å². The zero-order valence-electron chi connectivity index (χ0n) is 19.9. The van der Waals surface area contributed by atoms with Crippen LogP contribution < -0.4 is 16.0 Å². The number of imidazole rings is 1. The second-order valence-corrected chi connectivity index (χ2v) is 8.09. The normalized spacial score (nSPS) is 10.9. The fraction of sp³-hybridized carbons (Fsp3) is 0.148. The van der Waals surface area contributed by atoms with Gasteiger partial charge in [0.1, 0.15) is 11.3 Å². The van der Waals surface area contributed by atoms with Gasteiger partial charge in [0.05, 0.1) is 18.3 Å². The van der Waals surface area contributed by atoms with Crippen molar-refractivity contribution in [3.8, 4) is 11.8 Å². The van der Waals surface area contributed by atoms with Gasteiger partial charge in [-0.05, 0) is 60.9 Å². The van der Waals surface area contributed by atoms with Crippen LogP contribution in [0.4, 0.5) is 24.5 Å². The Morgan fingerprint density at radius 2 is 1.86 bits per heavy atom. The van der Waals surface area contributed by atoms with Crippen LogP contribution in [0.15, 0.2) is 67.0 Å². The van der Waals surface area contributed by atoms with Gasteiger partial charge in [0, 0.05) is 35.7 Å². The maximum atomic E-state index is 13.6. The lowest BCUT2D eigenvalue weighted by Gasteiger charge is -2.16. The SMILES string of the molecule is CNC(=O)CNc1ccc(NC(=O)c2ccc(C)c(C#Cc3cnc4ccccn34)c2)cc1C(F)(F)F. The number of rotatable bonds is 5. The average Bonchev–Trinajstić information content (AvgIpc) is 3.29. The molecule has 2 heterocycles. The number of hydrogen-bond acceptors (Lipinski definition) is 4. The van der Waals surface area contributed by atoms with E-state index in [1.807, 2.05) is 35.7 Å². The van der Waals surface area contributed by atoms with E-state index in [1.54, 1.807) is 24.4 Å². The first kappa shape index (κ1) is 25.3. The fourth-order valence-electron chi connectivity index (χ4n) is 3.53. The summed E-state index contributed by atoms with van der Waals surface area (Å²) in [6.07, 6.45) is -1.20. The minimum Gasteiger partial charge on any atom is -0.376 e. The number of nitrogens with zero attached hydrogens (tertiary/aromatic N) is 2. The topological polar surface area (TPSA) is 87.5 Å². The summed E-state index contributed by atoms with van der Waals surface area (Å²) in [7, 11) is 1.38. The van der Waals surface area contributed by atoms with Gasteiger partial charge in [0.25, 0.3) is 5.91 Å². The Kier molecular flexibility index (Phi) is 7.15. The lowest BCUT2D eigenvalue weighted by atomic mass is 10.0. The highest BCUT2D eigenvalue weighted by Crippen LogP contribution is 2.36. The highest BCUT2D eigenvalue weighted by atomic mass is 19.4. The number of amides is 2. The van der Waals surface area contributed by atoms with E-state index >= 15 is 0 Å². The van der Waals surface area contributed by atoms with Gasteiger partial charge in [-0.25, -0.2) is 4.98 Å². The standard InChI is InChI=1S/C27H22F3N5O2/c1-17-6-7-19(13-18(17)8-10-21-15-33-24-5-3-4-12-35(21)24)26(37)34-20-9-11-23(32-16-25(36)31-2)22(14-20)27(28,29)30/h3-7,9,11-15,32H,16H2,1-2H3,(H,31,36)(H,34,37). The van der Waals surface area contributed by atoms with Crippen LogP contribution in [-0.2, 0) is 11.0 Å². The molecule has 0 aliphatic carbocycles. The zero-order valence-corrected chi connectivity index (χ0v) is 19.9. The van der Waals surface area contributed by atoms with Gasteiger partial charge in [0.2, 0.25) is 5.91 Å². The molecule has 2 aromatic carbocycles. The van der Waals surface area contributed by atoms with Gasteiger partial charge < -0.3 is 16.0 Å². The van der Waals surface area contributed by atoms with Gasteiger partial charge in [-0.15, -0.1) is 0 Å². The van der Waals surface area contributed by atoms with Gasteiger partial charge in [-0.2, -0.15) is 13.2 Å². The Morgan fingerprint density at radius 3 is 2.62 bits per heavy atom. The number of nitrogens with one attached hydrogen (secondary N) is 3. The van der Waals surface area contributed by atoms with E-state index < -0.39 is 23.6 Å². The van der Waals surface area contributed by atoms with Crippen LogP contribution in [0.3, 0.4) is 0 Å². The number of fused-ring (bicyclic) bond motifs is 1. The zero-order chi connectivity index (χ0) is 26.6. The van der Waals surface area contributed by atoms with Crippen molar-refractivity contribution in [3.05, 3.63) is 94.9 Å². The molecule has 0 bridgehead atoms. The number of likely N-dealkylation sites (N-methyl/N-ethyl adjacent to an activating group) is 1. The quantitative estimate of drug-likeness (QED) is 0.349. The van der Waals surface area contributed by atoms with Crippen molar-refractivity contribution < 1.29 is 22.8 Å². The molecule has 7 nitrogen and oxygen atoms in total. The second kappa shape index (κ2) is 10.5. The summed E-state index contributed by atoms with van der Waals surface area (Å²) in [5, 5.41) is 7.30. The minimum absolute atomic E-state index is 0.0400. The lowest BCUT2D eigenvalue weighted by Crippen LogP contribution is -2.27. The number of alkyl halides is 3. The van der Waals surface area contributed by atoms with Crippen LogP contribution in [0, 0.1) is 18.8 Å². The van der Waals surface area contributed by atoms with E-state index in [4.69, 9.17) is 0 Å². The molecular weight excluding hydrogens is 483 g/mol. The Morgan fingerprint density at radius 1 is 1.05 bits per heavy atom. The number of anilines is 2. The highest BCUT2D eigenvalue weighted by Gasteiger charge is 2.34. The predicted molar refractivity (Wildman–Crippen MR) is 134 cm³/mol. The van der Waals surface area contributed by atoms with Crippen LogP contribution in [0.25, 0.3) is 5.65 Å². The number of aromatic nitrogens is 2. The summed E-state index contributed by atoms with van der Waals surface area (Å²) in [4.78, 5) is 28.6. The molecule has 0 spiro atoms. The predicted octanol–water partition coefficient (Wildman–Crippen LogP) is 4.47. The molecule has 0 unspecified atom stereocenters. The first-order chi connectivity index (χ1) is 17.7. The van der Waals surface area contributed by atoms with Crippen molar-refractivity contribution in [3.63, 3.8) is 0 Å². The van der Waals surface area contributed by atoms with E-state index in [1.165, 1.54) is 19.2 Å². The molecule has 4 aromatic rings. The average molecular weight is 506 g/mol. The van der Waals surface area contributed by atoms with E-state index in [0.717, 1.165) is 17.3 Å². The smallest absolute Gasteiger partial charge is 0.376 e. The number of hydrogen-bond donors (Lipinski definition) is 3. The molecule has 10 heteroatoms. The molecule has 0 saturated carbocycles. The third kappa shape index (κ3) is 5.90. The number of halogens is 3. The third-order valence-electron chi connectivity index (χ3n) is 5.54. The van der Waals surface area contributed by atoms with Gasteiger partial charge in [-0.3, -0.25) is 14.0 Å². The molecule has 2 amide bonds. The molecule has 0 fully saturated rings. The Bertz CT molecular complexity index is 1550. The number of benzene rings is 2. The van der Waals surface area contributed by atoms with Crippen molar-refractivity contribution in [2.24, 2.45) is 0 Å². The van der Waals surface area contributed by atoms with Crippen LogP contribution in [-0.4, -0.2) is 34.8 Å². The first-order valence-electron chi connectivity index (χ1n) is 11.2. The fourth-order valence-corrected chi connectivity index (χ4v) is 3.53. The minimum atomic E-state index is -4.70. The molecule has 188 valence electrons. The lowest BCUT2D eigenvalue weighted by molar-refractivity contribution is -0.137. The summed E-state index contributed by atoms with van der Waals surface area (Å²) >= 11 is 0. The summed E-state index contributed by atoms with van der Waals surface area (Å²) < 4.78 is 42.7. The number of pyridine rings is 1. The summed E-state index contributed by atoms with van der Waals surface area (Å²) in [5.41, 5.74) is 1.80. The Balaban J connectivity index is 1.56. The molecule has 0 radical (unpaired) electrons. The van der Waals surface area contributed by atoms with Crippen LogP contribution in [0.1, 0.15) is 32.7 Å². The van der Waals surface area contributed by atoms with Crippen molar-refractivity contribution in [2.75, 3.05) is 24.2 Å². The number of aryl methyl sites for hydroxylation is 1. The third-order valence-corrected chi connectivity index (χ3v) is 5.54. The molecular formula is C27H22F3N5O2. The van der Waals surface area contributed by atoms with Crippen molar-refractivity contribution in [2.45, 2.75) is 13.1 Å². The Hall–Kier alpha value is -4.78. The molecule has 0 aliphatic rings. The molecule has 0 aliphatic heterocycles. The van der Waals surface area contributed by atoms with Gasteiger partial charge in [-0.1, -0.05) is 18.1 Å².